The van der Waals surface area contributed by atoms with Crippen LogP contribution >= 0.6 is 11.6 Å². The van der Waals surface area contributed by atoms with Gasteiger partial charge in [0.15, 0.2) is 0 Å². The molecule has 2 unspecified atom stereocenters. The lowest BCUT2D eigenvalue weighted by Gasteiger charge is -2.52. The van der Waals surface area contributed by atoms with Gasteiger partial charge in [0.2, 0.25) is 0 Å². The fraction of sp³-hybridized carbons (Fsp3) is 0.533. The molecule has 5 heteroatoms. The molecular weight excluding hydrogens is 279 g/mol. The third-order valence-corrected chi connectivity index (χ3v) is 4.81. The van der Waals surface area contributed by atoms with Gasteiger partial charge in [0.1, 0.15) is 11.6 Å². The number of imidazole rings is 1. The predicted octanol–water partition coefficient (Wildman–Crippen LogP) is 3.90. The van der Waals surface area contributed by atoms with E-state index in [0.29, 0.717) is 11.4 Å². The smallest absolute Gasteiger partial charge is 0.125 e. The summed E-state index contributed by atoms with van der Waals surface area (Å²) in [6, 6.07) is 4.99. The summed E-state index contributed by atoms with van der Waals surface area (Å²) < 4.78 is 21.0. The summed E-state index contributed by atoms with van der Waals surface area (Å²) in [4.78, 5) is 4.46. The van der Waals surface area contributed by atoms with Gasteiger partial charge in [-0.3, -0.25) is 0 Å². The van der Waals surface area contributed by atoms with Gasteiger partial charge in [-0.1, -0.05) is 13.8 Å². The van der Waals surface area contributed by atoms with Crippen molar-refractivity contribution >= 4 is 22.6 Å². The summed E-state index contributed by atoms with van der Waals surface area (Å²) in [6.07, 6.45) is 1.16. The molecule has 3 nitrogen and oxygen atoms in total. The maximum Gasteiger partial charge on any atom is 0.125 e. The van der Waals surface area contributed by atoms with Gasteiger partial charge in [0.05, 0.1) is 23.0 Å². The molecule has 1 heterocycles. The molecule has 2 aromatic rings. The first-order valence-electron chi connectivity index (χ1n) is 6.74. The Morgan fingerprint density at radius 2 is 2.25 bits per heavy atom. The molecule has 20 heavy (non-hydrogen) atoms. The minimum Gasteiger partial charge on any atom is -0.381 e. The fourth-order valence-electron chi connectivity index (χ4n) is 3.27. The Kier molecular flexibility index (Phi) is 3.26. The Labute approximate surface area is 122 Å². The van der Waals surface area contributed by atoms with E-state index in [-0.39, 0.29) is 23.4 Å². The molecule has 0 spiro atoms. The van der Waals surface area contributed by atoms with Crippen molar-refractivity contribution in [2.45, 2.75) is 38.3 Å². The molecule has 0 amide bonds. The van der Waals surface area contributed by atoms with Crippen molar-refractivity contribution < 1.29 is 9.13 Å². The van der Waals surface area contributed by atoms with Crippen LogP contribution in [0.15, 0.2) is 18.2 Å². The molecular formula is C15H18ClFN2O. The van der Waals surface area contributed by atoms with E-state index in [1.165, 1.54) is 12.1 Å². The van der Waals surface area contributed by atoms with Crippen LogP contribution in [0.4, 0.5) is 4.39 Å². The first-order chi connectivity index (χ1) is 9.48. The number of benzene rings is 1. The van der Waals surface area contributed by atoms with Gasteiger partial charge < -0.3 is 9.30 Å². The molecule has 1 saturated carbocycles. The summed E-state index contributed by atoms with van der Waals surface area (Å²) in [7, 11) is 1.74. The molecule has 1 aliphatic carbocycles. The van der Waals surface area contributed by atoms with Crippen LogP contribution in [0.5, 0.6) is 0 Å². The molecule has 1 aromatic carbocycles. The summed E-state index contributed by atoms with van der Waals surface area (Å²) in [6.45, 7) is 4.37. The average Bonchev–Trinajstić information content (AvgIpc) is 2.75. The highest BCUT2D eigenvalue weighted by Crippen LogP contribution is 2.52. The van der Waals surface area contributed by atoms with Crippen molar-refractivity contribution in [1.29, 1.82) is 0 Å². The van der Waals surface area contributed by atoms with Crippen LogP contribution < -0.4 is 0 Å². The number of halogens is 2. The van der Waals surface area contributed by atoms with Crippen molar-refractivity contribution in [2.24, 2.45) is 5.41 Å². The SMILES string of the molecule is COC1CC(n2c(CCl)nc3cc(F)ccc32)C1(C)C. The van der Waals surface area contributed by atoms with Gasteiger partial charge in [0, 0.05) is 24.6 Å². The fourth-order valence-corrected chi connectivity index (χ4v) is 3.45. The molecule has 0 radical (unpaired) electrons. The van der Waals surface area contributed by atoms with Gasteiger partial charge in [0.25, 0.3) is 0 Å². The zero-order valence-corrected chi connectivity index (χ0v) is 12.6. The van der Waals surface area contributed by atoms with E-state index < -0.39 is 0 Å². The normalized spacial score (nSPS) is 24.9. The topological polar surface area (TPSA) is 27.1 Å². The minimum atomic E-state index is -0.272. The molecule has 108 valence electrons. The maximum absolute atomic E-state index is 13.3. The molecule has 0 N–H and O–H groups in total. The zero-order chi connectivity index (χ0) is 14.5. The van der Waals surface area contributed by atoms with Crippen LogP contribution in [0.3, 0.4) is 0 Å². The Hall–Kier alpha value is -1.13. The molecule has 1 aliphatic rings. The highest BCUT2D eigenvalue weighted by atomic mass is 35.5. The van der Waals surface area contributed by atoms with Crippen LogP contribution in [0, 0.1) is 11.2 Å². The molecule has 0 saturated heterocycles. The number of aromatic nitrogens is 2. The Bertz CT molecular complexity index is 653. The number of alkyl halides is 1. The van der Waals surface area contributed by atoms with Crippen molar-refractivity contribution in [3.05, 3.63) is 29.8 Å². The number of methoxy groups -OCH3 is 1. The highest BCUT2D eigenvalue weighted by molar-refractivity contribution is 6.16. The molecule has 3 rings (SSSR count). The highest BCUT2D eigenvalue weighted by Gasteiger charge is 2.50. The average molecular weight is 297 g/mol. The molecule has 1 fully saturated rings. The summed E-state index contributed by atoms with van der Waals surface area (Å²) in [5.74, 6) is 0.839. The number of nitrogens with zero attached hydrogens (tertiary/aromatic N) is 2. The van der Waals surface area contributed by atoms with Crippen molar-refractivity contribution in [3.8, 4) is 0 Å². The van der Waals surface area contributed by atoms with Gasteiger partial charge in [-0.2, -0.15) is 0 Å². The standard InChI is InChI=1S/C15H18ClFN2O/c1-15(2)12(7-13(15)20-3)19-11-5-4-9(17)6-10(11)18-14(19)8-16/h4-6,12-13H,7-8H2,1-3H3. The summed E-state index contributed by atoms with van der Waals surface area (Å²) >= 11 is 6.02. The summed E-state index contributed by atoms with van der Waals surface area (Å²) in [5, 5.41) is 0. The Morgan fingerprint density at radius 1 is 1.50 bits per heavy atom. The predicted molar refractivity (Wildman–Crippen MR) is 77.5 cm³/mol. The van der Waals surface area contributed by atoms with Crippen LogP contribution in [0.2, 0.25) is 0 Å². The van der Waals surface area contributed by atoms with Gasteiger partial charge in [-0.25, -0.2) is 9.37 Å². The van der Waals surface area contributed by atoms with E-state index in [1.807, 2.05) is 0 Å². The lowest BCUT2D eigenvalue weighted by Crippen LogP contribution is -2.51. The van der Waals surface area contributed by atoms with E-state index in [0.717, 1.165) is 17.8 Å². The van der Waals surface area contributed by atoms with Crippen LogP contribution in [0.25, 0.3) is 11.0 Å². The van der Waals surface area contributed by atoms with Crippen molar-refractivity contribution in [2.75, 3.05) is 7.11 Å². The summed E-state index contributed by atoms with van der Waals surface area (Å²) in [5.41, 5.74) is 1.62. The van der Waals surface area contributed by atoms with Gasteiger partial charge in [-0.15, -0.1) is 11.6 Å². The van der Waals surface area contributed by atoms with E-state index >= 15 is 0 Å². The second-order valence-electron chi connectivity index (χ2n) is 5.96. The van der Waals surface area contributed by atoms with E-state index in [1.54, 1.807) is 13.2 Å². The quantitative estimate of drug-likeness (QED) is 0.803. The number of hydrogen-bond acceptors (Lipinski definition) is 2. The number of hydrogen-bond donors (Lipinski definition) is 0. The van der Waals surface area contributed by atoms with E-state index in [2.05, 4.69) is 23.4 Å². The monoisotopic (exact) mass is 296 g/mol. The lowest BCUT2D eigenvalue weighted by molar-refractivity contribution is -0.112. The van der Waals surface area contributed by atoms with Gasteiger partial charge >= 0.3 is 0 Å². The first-order valence-corrected chi connectivity index (χ1v) is 7.27. The van der Waals surface area contributed by atoms with Crippen molar-refractivity contribution in [1.82, 2.24) is 9.55 Å². The zero-order valence-electron chi connectivity index (χ0n) is 11.9. The molecule has 0 bridgehead atoms. The number of rotatable bonds is 3. The number of ether oxygens (including phenoxy) is 1. The van der Waals surface area contributed by atoms with E-state index in [4.69, 9.17) is 16.3 Å². The largest absolute Gasteiger partial charge is 0.381 e. The third-order valence-electron chi connectivity index (χ3n) is 4.57. The molecule has 1 aromatic heterocycles. The Morgan fingerprint density at radius 3 is 2.85 bits per heavy atom. The lowest BCUT2D eigenvalue weighted by atomic mass is 9.64. The van der Waals surface area contributed by atoms with Crippen molar-refractivity contribution in [3.63, 3.8) is 0 Å². The molecule has 0 aliphatic heterocycles. The van der Waals surface area contributed by atoms with Crippen LogP contribution in [0.1, 0.15) is 32.1 Å². The van der Waals surface area contributed by atoms with E-state index in [9.17, 15) is 4.39 Å². The second kappa shape index (κ2) is 4.71. The molecule has 2 atom stereocenters. The third kappa shape index (κ3) is 1.85. The van der Waals surface area contributed by atoms with Crippen LogP contribution in [-0.2, 0) is 10.6 Å². The second-order valence-corrected chi connectivity index (χ2v) is 6.23. The number of fused-ring (bicyclic) bond motifs is 1. The van der Waals surface area contributed by atoms with Gasteiger partial charge in [-0.05, 0) is 18.6 Å². The maximum atomic E-state index is 13.3. The first kappa shape index (κ1) is 13.8. The minimum absolute atomic E-state index is 0.0115. The Balaban J connectivity index is 2.12. The van der Waals surface area contributed by atoms with Crippen LogP contribution in [-0.4, -0.2) is 22.8 Å².